The molecule has 1 N–H and O–H groups in total. The van der Waals surface area contributed by atoms with E-state index in [-0.39, 0.29) is 0 Å². The second kappa shape index (κ2) is 7.63. The van der Waals surface area contributed by atoms with Gasteiger partial charge >= 0.3 is 0 Å². The third-order valence-corrected chi connectivity index (χ3v) is 5.14. The van der Waals surface area contributed by atoms with Crippen LogP contribution < -0.4 is 5.32 Å². The molecule has 4 heterocycles. The Morgan fingerprint density at radius 1 is 1.04 bits per heavy atom. The van der Waals surface area contributed by atoms with Gasteiger partial charge in [0.2, 0.25) is 5.95 Å². The summed E-state index contributed by atoms with van der Waals surface area (Å²) in [5, 5.41) is 7.58. The smallest absolute Gasteiger partial charge is 0.223 e. The van der Waals surface area contributed by atoms with Crippen molar-refractivity contribution in [1.29, 1.82) is 0 Å². The van der Waals surface area contributed by atoms with Crippen molar-refractivity contribution in [3.05, 3.63) is 59.8 Å². The average Bonchev–Trinajstić information content (AvgIpc) is 3.31. The van der Waals surface area contributed by atoms with Crippen molar-refractivity contribution in [1.82, 2.24) is 29.7 Å². The number of aromatic nitrogens is 6. The summed E-state index contributed by atoms with van der Waals surface area (Å²) in [7, 11) is 0. The first-order valence-electron chi connectivity index (χ1n) is 8.63. The molecule has 0 aliphatic heterocycles. The molecule has 4 aromatic heterocycles. The van der Waals surface area contributed by atoms with Crippen LogP contribution in [0.4, 0.5) is 5.95 Å². The van der Waals surface area contributed by atoms with E-state index in [4.69, 9.17) is 4.98 Å². The van der Waals surface area contributed by atoms with E-state index in [0.29, 0.717) is 12.5 Å². The fourth-order valence-corrected chi connectivity index (χ4v) is 3.62. The van der Waals surface area contributed by atoms with Crippen LogP contribution in [0, 0.1) is 13.8 Å². The van der Waals surface area contributed by atoms with E-state index in [0.717, 1.165) is 34.1 Å². The molecule has 0 spiro atoms. The maximum Gasteiger partial charge on any atom is 0.223 e. The summed E-state index contributed by atoms with van der Waals surface area (Å²) in [5.41, 5.74) is 3.63. The van der Waals surface area contributed by atoms with Crippen molar-refractivity contribution in [3.63, 3.8) is 0 Å². The van der Waals surface area contributed by atoms with Crippen molar-refractivity contribution in [2.24, 2.45) is 0 Å². The Morgan fingerprint density at radius 3 is 2.67 bits per heavy atom. The molecule has 0 bridgehead atoms. The second-order valence-corrected chi connectivity index (χ2v) is 7.37. The zero-order valence-electron chi connectivity index (χ0n) is 15.1. The van der Waals surface area contributed by atoms with Crippen LogP contribution >= 0.6 is 11.3 Å². The number of rotatable bonds is 6. The fraction of sp³-hybridized carbons (Fsp3) is 0.211. The van der Waals surface area contributed by atoms with Crippen LogP contribution in [-0.2, 0) is 6.54 Å². The third-order valence-electron chi connectivity index (χ3n) is 4.14. The summed E-state index contributed by atoms with van der Waals surface area (Å²) >= 11 is 1.70. The molecule has 27 heavy (non-hydrogen) atoms. The van der Waals surface area contributed by atoms with Gasteiger partial charge in [-0.15, -0.1) is 11.3 Å². The summed E-state index contributed by atoms with van der Waals surface area (Å²) in [6.45, 7) is 5.57. The van der Waals surface area contributed by atoms with Gasteiger partial charge in [0.25, 0.3) is 0 Å². The number of aryl methyl sites for hydroxylation is 2. The molecular formula is C19H19N7S. The van der Waals surface area contributed by atoms with E-state index >= 15 is 0 Å². The van der Waals surface area contributed by atoms with Crippen molar-refractivity contribution >= 4 is 17.3 Å². The van der Waals surface area contributed by atoms with Crippen molar-refractivity contribution < 1.29 is 0 Å². The Balaban J connectivity index is 1.61. The van der Waals surface area contributed by atoms with E-state index in [1.54, 1.807) is 36.1 Å². The lowest BCUT2D eigenvalue weighted by atomic mass is 10.1. The van der Waals surface area contributed by atoms with Gasteiger partial charge in [-0.05, 0) is 32.0 Å². The van der Waals surface area contributed by atoms with Crippen LogP contribution in [0.1, 0.15) is 10.6 Å². The molecule has 0 saturated carbocycles. The minimum Gasteiger partial charge on any atom is -0.352 e. The van der Waals surface area contributed by atoms with E-state index in [2.05, 4.69) is 44.4 Å². The molecule has 0 saturated heterocycles. The Labute approximate surface area is 161 Å². The normalized spacial score (nSPS) is 10.9. The molecule has 4 aromatic rings. The lowest BCUT2D eigenvalue weighted by molar-refractivity contribution is 0.618. The predicted molar refractivity (Wildman–Crippen MR) is 107 cm³/mol. The Bertz CT molecular complexity index is 1040. The molecule has 8 heteroatoms. The van der Waals surface area contributed by atoms with Gasteiger partial charge in [-0.1, -0.05) is 0 Å². The van der Waals surface area contributed by atoms with Crippen LogP contribution in [0.5, 0.6) is 0 Å². The van der Waals surface area contributed by atoms with Crippen LogP contribution in [0.25, 0.3) is 21.8 Å². The fourth-order valence-electron chi connectivity index (χ4n) is 2.75. The van der Waals surface area contributed by atoms with Gasteiger partial charge in [0, 0.05) is 47.5 Å². The SMILES string of the molecule is Cc1ccc(-c2nc(NCCn3nccc3C)ncc2-c2cnccn2)s1. The molecule has 0 amide bonds. The highest BCUT2D eigenvalue weighted by Crippen LogP contribution is 2.33. The molecule has 0 fully saturated rings. The lowest BCUT2D eigenvalue weighted by Crippen LogP contribution is -2.14. The average molecular weight is 377 g/mol. The minimum absolute atomic E-state index is 0.591. The molecular weight excluding hydrogens is 358 g/mol. The number of nitrogens with one attached hydrogen (secondary N) is 1. The molecule has 0 aliphatic rings. The number of anilines is 1. The first-order valence-corrected chi connectivity index (χ1v) is 9.45. The monoisotopic (exact) mass is 377 g/mol. The van der Waals surface area contributed by atoms with Gasteiger partial charge < -0.3 is 5.32 Å². The zero-order valence-corrected chi connectivity index (χ0v) is 15.9. The number of nitrogens with zero attached hydrogens (tertiary/aromatic N) is 6. The molecule has 136 valence electrons. The van der Waals surface area contributed by atoms with E-state index in [1.807, 2.05) is 23.9 Å². The molecule has 0 radical (unpaired) electrons. The Morgan fingerprint density at radius 2 is 1.96 bits per heavy atom. The summed E-state index contributed by atoms with van der Waals surface area (Å²) in [6, 6.07) is 6.17. The summed E-state index contributed by atoms with van der Waals surface area (Å²) in [5.74, 6) is 0.591. The van der Waals surface area contributed by atoms with Crippen LogP contribution in [0.3, 0.4) is 0 Å². The highest BCUT2D eigenvalue weighted by Gasteiger charge is 2.14. The van der Waals surface area contributed by atoms with Gasteiger partial charge in [0.15, 0.2) is 0 Å². The van der Waals surface area contributed by atoms with E-state index in [9.17, 15) is 0 Å². The Hall–Kier alpha value is -3.13. The molecule has 4 rings (SSSR count). The summed E-state index contributed by atoms with van der Waals surface area (Å²) < 4.78 is 1.95. The van der Waals surface area contributed by atoms with Crippen LogP contribution in [0.15, 0.2) is 49.2 Å². The van der Waals surface area contributed by atoms with Crippen molar-refractivity contribution in [2.75, 3.05) is 11.9 Å². The van der Waals surface area contributed by atoms with Crippen LogP contribution in [0.2, 0.25) is 0 Å². The molecule has 0 aromatic carbocycles. The first kappa shape index (κ1) is 17.3. The van der Waals surface area contributed by atoms with E-state index < -0.39 is 0 Å². The minimum atomic E-state index is 0.591. The molecule has 0 unspecified atom stereocenters. The van der Waals surface area contributed by atoms with Gasteiger partial charge in [0.1, 0.15) is 0 Å². The first-order chi connectivity index (χ1) is 13.2. The number of hydrogen-bond donors (Lipinski definition) is 1. The van der Waals surface area contributed by atoms with Crippen molar-refractivity contribution in [2.45, 2.75) is 20.4 Å². The Kier molecular flexibility index (Phi) is 4.88. The molecule has 0 aliphatic carbocycles. The highest BCUT2D eigenvalue weighted by atomic mass is 32.1. The van der Waals surface area contributed by atoms with Gasteiger partial charge in [-0.3, -0.25) is 14.6 Å². The predicted octanol–water partition coefficient (Wildman–Crippen LogP) is 3.59. The zero-order chi connectivity index (χ0) is 18.6. The van der Waals surface area contributed by atoms with Crippen molar-refractivity contribution in [3.8, 4) is 21.8 Å². The standard InChI is InChI=1S/C19H19N7S/c1-13-5-6-24-26(13)10-9-22-19-23-11-15(16-12-20-7-8-21-16)18(25-19)17-4-3-14(2)27-17/h3-8,11-12H,9-10H2,1-2H3,(H,22,23,25). The van der Waals surface area contributed by atoms with E-state index in [1.165, 1.54) is 4.88 Å². The largest absolute Gasteiger partial charge is 0.352 e. The number of hydrogen-bond acceptors (Lipinski definition) is 7. The van der Waals surface area contributed by atoms with Gasteiger partial charge in [0.05, 0.1) is 29.0 Å². The topological polar surface area (TPSA) is 81.4 Å². The highest BCUT2D eigenvalue weighted by molar-refractivity contribution is 7.15. The summed E-state index contributed by atoms with van der Waals surface area (Å²) in [6.07, 6.45) is 8.68. The quantitative estimate of drug-likeness (QED) is 0.553. The second-order valence-electron chi connectivity index (χ2n) is 6.08. The van der Waals surface area contributed by atoms with Gasteiger partial charge in [-0.25, -0.2) is 9.97 Å². The number of thiophene rings is 1. The lowest BCUT2D eigenvalue weighted by Gasteiger charge is -2.10. The summed E-state index contributed by atoms with van der Waals surface area (Å²) in [4.78, 5) is 20.1. The maximum atomic E-state index is 4.76. The third kappa shape index (κ3) is 3.85. The van der Waals surface area contributed by atoms with Crippen LogP contribution in [-0.4, -0.2) is 36.3 Å². The maximum absolute atomic E-state index is 4.76. The molecule has 7 nitrogen and oxygen atoms in total. The van der Waals surface area contributed by atoms with Gasteiger partial charge in [-0.2, -0.15) is 5.10 Å². The molecule has 0 atom stereocenters.